The molecule has 19 heteroatoms. The number of carbonyl (C=O) groups is 3. The lowest BCUT2D eigenvalue weighted by atomic mass is 9.81. The van der Waals surface area contributed by atoms with Crippen molar-refractivity contribution in [1.29, 1.82) is 0 Å². The van der Waals surface area contributed by atoms with Crippen LogP contribution in [0.2, 0.25) is 0 Å². The van der Waals surface area contributed by atoms with Crippen molar-refractivity contribution in [2.75, 3.05) is 42.7 Å². The number of benzene rings is 4. The standard InChI is InChI=1S/C72H84N6O10S3/c1-69(2)53-21-14-16-23-57(53)75(9)61(69)37-27-47-19-18-20-48(28-38-62-70(3,4)54-22-15-17-24-58(54)76(62)10)68(47)89-44-41-66(80)74-50-31-29-49(30-32-50)73-65(79)39-42-77-59-35-33-51(90(83,84)85)45-55(59)71(5,6)63(77)25-12-11-13-26-64-72(7,8)56-46-52(91(86,87)88)34-36-60(56)78(64)43-40-67(81)82/h11-17,21-28,33-38,45-46,49-50H,18-20,29-32,39-44H2,1-10H3,(H3-2,73,74,79,80,81,82,83,84,85,86,87,88)/p+2. The first-order chi connectivity index (χ1) is 42.9. The number of nitrogens with one attached hydrogen (secondary N) is 2. The molecular weight excluding hydrogens is 1210 g/mol. The fourth-order valence-corrected chi connectivity index (χ4v) is 16.7. The molecule has 16 nitrogen and oxygen atoms in total. The van der Waals surface area contributed by atoms with Crippen molar-refractivity contribution in [1.82, 2.24) is 10.6 Å². The number of fused-ring (bicyclic) bond motifs is 4. The van der Waals surface area contributed by atoms with Crippen molar-refractivity contribution >= 4 is 84.0 Å². The average Bonchev–Trinajstić information content (AvgIpc) is 1.63. The van der Waals surface area contributed by atoms with Crippen LogP contribution < -0.4 is 20.4 Å². The predicted octanol–water partition coefficient (Wildman–Crippen LogP) is 12.8. The Labute approximate surface area is 541 Å². The van der Waals surface area contributed by atoms with E-state index in [9.17, 15) is 45.4 Å². The molecule has 4 heterocycles. The summed E-state index contributed by atoms with van der Waals surface area (Å²) in [7, 11) is -4.73. The summed E-state index contributed by atoms with van der Waals surface area (Å²) in [6, 6.07) is 25.9. The van der Waals surface area contributed by atoms with Crippen LogP contribution in [0.15, 0.2) is 177 Å². The number of hydrogen-bond acceptors (Lipinski definition) is 10. The number of hydrogen-bond donors (Lipinski definition) is 5. The summed E-state index contributed by atoms with van der Waals surface area (Å²) in [6.07, 6.45) is 24.5. The maximum atomic E-state index is 13.9. The maximum absolute atomic E-state index is 13.9. The van der Waals surface area contributed by atoms with E-state index >= 15 is 0 Å². The van der Waals surface area contributed by atoms with E-state index in [-0.39, 0.29) is 70.5 Å². The highest BCUT2D eigenvalue weighted by atomic mass is 32.2. The van der Waals surface area contributed by atoms with Gasteiger partial charge in [-0.2, -0.15) is 26.0 Å². The number of anilines is 2. The van der Waals surface area contributed by atoms with E-state index in [2.05, 4.69) is 135 Å². The Kier molecular flexibility index (Phi) is 19.0. The minimum absolute atomic E-state index is 0.00732. The first-order valence-electron chi connectivity index (χ1n) is 31.4. The largest absolute Gasteiger partial charge is 0.481 e. The SMILES string of the molecule is CN1C(=CC=C2CCCC(C=CC3=[N+](C)c4ccccc4C3(C)C)=C2SCCC(=O)NC2CCC(NC(=O)CCN3C(=CC=CC=CC4=[N+](CCC(=O)O)c5ccc(S(=O)(=O)O)cc5C4(C)C)C(C)(C)c4cc(S(=O)(=O)O)ccc43)CC2)C(C)(C)c2ccccc21. The summed E-state index contributed by atoms with van der Waals surface area (Å²) in [5, 5.41) is 16.2. The first kappa shape index (κ1) is 66.5. The highest BCUT2D eigenvalue weighted by molar-refractivity contribution is 8.03. The van der Waals surface area contributed by atoms with Crippen LogP contribution in [0.5, 0.6) is 0 Å². The monoisotopic (exact) mass is 1290 g/mol. The highest BCUT2D eigenvalue weighted by Crippen LogP contribution is 2.50. The molecule has 1 saturated carbocycles. The molecule has 4 aromatic rings. The van der Waals surface area contributed by atoms with Gasteiger partial charge in [0.25, 0.3) is 20.2 Å². The van der Waals surface area contributed by atoms with Gasteiger partial charge in [-0.3, -0.25) is 23.5 Å². The molecule has 4 aliphatic heterocycles. The van der Waals surface area contributed by atoms with Crippen LogP contribution >= 0.6 is 11.8 Å². The molecule has 2 amide bonds. The average molecular weight is 1290 g/mol. The van der Waals surface area contributed by atoms with Crippen LogP contribution in [0.4, 0.5) is 22.7 Å². The van der Waals surface area contributed by atoms with E-state index in [1.165, 1.54) is 74.2 Å². The Balaban J connectivity index is 0.778. The van der Waals surface area contributed by atoms with Gasteiger partial charge in [-0.05, 0) is 143 Å². The summed E-state index contributed by atoms with van der Waals surface area (Å²) >= 11 is 1.78. The van der Waals surface area contributed by atoms with Gasteiger partial charge in [0.15, 0.2) is 18.0 Å². The third kappa shape index (κ3) is 13.6. The number of nitrogens with zero attached hydrogens (tertiary/aromatic N) is 4. The quantitative estimate of drug-likeness (QED) is 0.0317. The Bertz CT molecular complexity index is 4150. The molecule has 6 aliphatic rings. The fourth-order valence-electron chi connectivity index (χ4n) is 14.5. The van der Waals surface area contributed by atoms with Gasteiger partial charge in [0.05, 0.1) is 20.6 Å². The van der Waals surface area contributed by atoms with Crippen LogP contribution in [-0.2, 0) is 56.3 Å². The molecule has 1 fully saturated rings. The summed E-state index contributed by atoms with van der Waals surface area (Å²) in [5.74, 6) is -0.491. The second kappa shape index (κ2) is 25.9. The molecule has 2 aliphatic carbocycles. The molecule has 5 N–H and O–H groups in total. The lowest BCUT2D eigenvalue weighted by Gasteiger charge is -2.30. The Morgan fingerprint density at radius 1 is 0.615 bits per heavy atom. The smallest absolute Gasteiger partial charge is 0.309 e. The minimum Gasteiger partial charge on any atom is -0.481 e. The molecule has 480 valence electrons. The van der Waals surface area contributed by atoms with Gasteiger partial charge >= 0.3 is 5.97 Å². The van der Waals surface area contributed by atoms with Crippen molar-refractivity contribution in [3.63, 3.8) is 0 Å². The van der Waals surface area contributed by atoms with Crippen molar-refractivity contribution in [2.45, 2.75) is 163 Å². The minimum atomic E-state index is -4.53. The van der Waals surface area contributed by atoms with E-state index in [0.29, 0.717) is 53.2 Å². The molecule has 10 rings (SSSR count). The summed E-state index contributed by atoms with van der Waals surface area (Å²) in [6.45, 7) is 17.2. The predicted molar refractivity (Wildman–Crippen MR) is 363 cm³/mol. The number of carboxylic acid groups (broad SMARTS) is 1. The van der Waals surface area contributed by atoms with E-state index in [1.807, 2.05) is 55.4 Å². The van der Waals surface area contributed by atoms with Crippen LogP contribution in [0.3, 0.4) is 0 Å². The molecular formula is C72H86N6O10S3+2. The zero-order valence-corrected chi connectivity index (χ0v) is 56.3. The molecule has 0 unspecified atom stereocenters. The van der Waals surface area contributed by atoms with Crippen molar-refractivity contribution in [2.24, 2.45) is 0 Å². The summed E-state index contributed by atoms with van der Waals surface area (Å²) < 4.78 is 73.0. The number of carbonyl (C=O) groups excluding carboxylic acids is 2. The first-order valence-corrected chi connectivity index (χ1v) is 35.3. The van der Waals surface area contributed by atoms with Crippen molar-refractivity contribution in [3.05, 3.63) is 189 Å². The third-order valence-corrected chi connectivity index (χ3v) is 22.4. The van der Waals surface area contributed by atoms with Gasteiger partial charge in [-0.1, -0.05) is 94.5 Å². The third-order valence-electron chi connectivity index (χ3n) is 19.4. The number of amides is 2. The van der Waals surface area contributed by atoms with Gasteiger partial charge in [0.2, 0.25) is 23.2 Å². The molecule has 0 spiro atoms. The van der Waals surface area contributed by atoms with E-state index in [1.54, 1.807) is 36.0 Å². The molecule has 91 heavy (non-hydrogen) atoms. The number of rotatable bonds is 20. The molecule has 0 saturated heterocycles. The Morgan fingerprint density at radius 3 is 1.87 bits per heavy atom. The van der Waals surface area contributed by atoms with Crippen LogP contribution in [0.25, 0.3) is 0 Å². The number of aliphatic carboxylic acids is 1. The topological polar surface area (TPSA) is 217 Å². The van der Waals surface area contributed by atoms with Crippen LogP contribution in [0, 0.1) is 0 Å². The van der Waals surface area contributed by atoms with E-state index in [0.717, 1.165) is 37.8 Å². The van der Waals surface area contributed by atoms with Gasteiger partial charge in [0, 0.05) is 118 Å². The van der Waals surface area contributed by atoms with Gasteiger partial charge in [0.1, 0.15) is 13.5 Å². The lowest BCUT2D eigenvalue weighted by molar-refractivity contribution is -0.436. The second-order valence-electron chi connectivity index (χ2n) is 26.8. The second-order valence-corrected chi connectivity index (χ2v) is 30.7. The molecule has 0 atom stereocenters. The van der Waals surface area contributed by atoms with Gasteiger partial charge in [-0.15, -0.1) is 11.8 Å². The van der Waals surface area contributed by atoms with E-state index < -0.39 is 37.0 Å². The Hall–Kier alpha value is -7.42. The molecule has 0 aromatic heterocycles. The van der Waals surface area contributed by atoms with Gasteiger partial charge in [-0.25, -0.2) is 0 Å². The highest BCUT2D eigenvalue weighted by Gasteiger charge is 2.46. The number of para-hydroxylation sites is 2. The zero-order valence-electron chi connectivity index (χ0n) is 53.8. The molecule has 0 bridgehead atoms. The van der Waals surface area contributed by atoms with Crippen LogP contribution in [-0.4, -0.2) is 114 Å². The summed E-state index contributed by atoms with van der Waals surface area (Å²) in [5.41, 5.74) is 12.4. The number of carboxylic acids is 1. The maximum Gasteiger partial charge on any atom is 0.309 e. The van der Waals surface area contributed by atoms with E-state index in [4.69, 9.17) is 0 Å². The zero-order chi connectivity index (χ0) is 65.6. The lowest BCUT2D eigenvalue weighted by Crippen LogP contribution is -2.44. The van der Waals surface area contributed by atoms with Crippen molar-refractivity contribution < 1.29 is 54.6 Å². The normalized spacial score (nSPS) is 22.1. The number of likely N-dealkylation sites (N-methyl/N-ethyl adjacent to an activating group) is 1. The molecule has 4 aromatic carbocycles. The Morgan fingerprint density at radius 2 is 1.22 bits per heavy atom. The molecule has 0 radical (unpaired) electrons. The number of thioether (sulfide) groups is 1. The fraction of sp³-hybridized carbons (Fsp3) is 0.403. The van der Waals surface area contributed by atoms with Crippen LogP contribution in [0.1, 0.15) is 142 Å². The van der Waals surface area contributed by atoms with Gasteiger partial charge < -0.3 is 25.5 Å². The summed E-state index contributed by atoms with van der Waals surface area (Å²) in [4.78, 5) is 44.4. The number of allylic oxidation sites excluding steroid dienone is 13. The van der Waals surface area contributed by atoms with Crippen molar-refractivity contribution in [3.8, 4) is 0 Å².